The number of thiophene rings is 1. The van der Waals surface area contributed by atoms with E-state index in [-0.39, 0.29) is 24.0 Å². The number of nitrogens with one attached hydrogen (secondary N) is 1. The minimum absolute atomic E-state index is 0.0225. The molecule has 0 atom stereocenters. The van der Waals surface area contributed by atoms with E-state index < -0.39 is 12.6 Å². The van der Waals surface area contributed by atoms with Gasteiger partial charge >= 0.3 is 12.6 Å². The molecule has 2 aromatic heterocycles. The molecule has 0 bridgehead atoms. The van der Waals surface area contributed by atoms with Crippen LogP contribution in [0.3, 0.4) is 0 Å². The fraction of sp³-hybridized carbons (Fsp3) is 0.304. The van der Waals surface area contributed by atoms with E-state index in [1.165, 1.54) is 35.2 Å². The number of alkyl halides is 2. The number of amides is 1. The Labute approximate surface area is 209 Å². The van der Waals surface area contributed by atoms with Crippen LogP contribution in [-0.2, 0) is 16.1 Å². The summed E-state index contributed by atoms with van der Waals surface area (Å²) in [6, 6.07) is 6.03. The van der Waals surface area contributed by atoms with Crippen molar-refractivity contribution in [3.8, 4) is 17.1 Å². The first-order valence-corrected chi connectivity index (χ1v) is 12.3. The largest absolute Gasteiger partial charge is 0.462 e. The van der Waals surface area contributed by atoms with Gasteiger partial charge in [-0.05, 0) is 50.6 Å². The fourth-order valence-corrected chi connectivity index (χ4v) is 4.96. The number of carbonyl (C=O) groups excluding carboxylic acids is 2. The molecular formula is C23H24F2N4O4S2. The van der Waals surface area contributed by atoms with E-state index in [1.54, 1.807) is 29.7 Å². The molecule has 1 amide bonds. The Hall–Kier alpha value is -3.25. The number of nitrogens with zero attached hydrogens (tertiary/aromatic N) is 3. The van der Waals surface area contributed by atoms with Crippen LogP contribution >= 0.6 is 23.1 Å². The molecule has 3 rings (SSSR count). The van der Waals surface area contributed by atoms with Gasteiger partial charge in [-0.15, -0.1) is 28.1 Å². The lowest BCUT2D eigenvalue weighted by Gasteiger charge is -2.09. The lowest BCUT2D eigenvalue weighted by molar-refractivity contribution is -0.113. The molecule has 0 aliphatic carbocycles. The van der Waals surface area contributed by atoms with Crippen LogP contribution in [-0.4, -0.2) is 45.6 Å². The number of esters is 1. The number of rotatable bonds is 11. The molecule has 0 aliphatic rings. The third kappa shape index (κ3) is 6.45. The van der Waals surface area contributed by atoms with Gasteiger partial charge in [-0.25, -0.2) is 4.79 Å². The van der Waals surface area contributed by atoms with E-state index in [4.69, 9.17) is 4.74 Å². The maximum atomic E-state index is 12.7. The number of hydrogen-bond donors (Lipinski definition) is 1. The van der Waals surface area contributed by atoms with E-state index in [0.29, 0.717) is 33.7 Å². The van der Waals surface area contributed by atoms with Crippen LogP contribution in [0.5, 0.6) is 5.75 Å². The van der Waals surface area contributed by atoms with E-state index in [1.807, 2.05) is 13.8 Å². The molecule has 0 unspecified atom stereocenters. The molecule has 186 valence electrons. The van der Waals surface area contributed by atoms with Crippen molar-refractivity contribution in [1.82, 2.24) is 14.8 Å². The predicted octanol–water partition coefficient (Wildman–Crippen LogP) is 5.32. The van der Waals surface area contributed by atoms with Gasteiger partial charge in [0.25, 0.3) is 0 Å². The van der Waals surface area contributed by atoms with Crippen molar-refractivity contribution in [2.45, 2.75) is 39.1 Å². The molecule has 0 spiro atoms. The lowest BCUT2D eigenvalue weighted by atomic mass is 10.1. The zero-order valence-electron chi connectivity index (χ0n) is 19.3. The molecular weight excluding hydrogens is 498 g/mol. The summed E-state index contributed by atoms with van der Waals surface area (Å²) in [6.07, 6.45) is 1.66. The van der Waals surface area contributed by atoms with E-state index in [2.05, 4.69) is 26.8 Å². The molecule has 1 aromatic carbocycles. The topological polar surface area (TPSA) is 95.3 Å². The van der Waals surface area contributed by atoms with Crippen molar-refractivity contribution in [3.05, 3.63) is 52.9 Å². The second-order valence-corrected chi connectivity index (χ2v) is 9.32. The van der Waals surface area contributed by atoms with Gasteiger partial charge in [0.2, 0.25) is 5.91 Å². The highest BCUT2D eigenvalue weighted by Crippen LogP contribution is 2.33. The van der Waals surface area contributed by atoms with Crippen LogP contribution in [0.1, 0.15) is 27.7 Å². The summed E-state index contributed by atoms with van der Waals surface area (Å²) in [4.78, 5) is 25.9. The number of aryl methyl sites for hydroxylation is 1. The number of halogens is 2. The summed E-state index contributed by atoms with van der Waals surface area (Å²) in [7, 11) is 0. The van der Waals surface area contributed by atoms with Crippen LogP contribution in [0.25, 0.3) is 11.4 Å². The number of ether oxygens (including phenoxy) is 2. The Kier molecular flexibility index (Phi) is 8.99. The van der Waals surface area contributed by atoms with Crippen LogP contribution in [0.15, 0.2) is 42.1 Å². The van der Waals surface area contributed by atoms with E-state index in [9.17, 15) is 18.4 Å². The zero-order valence-corrected chi connectivity index (χ0v) is 21.0. The highest BCUT2D eigenvalue weighted by Gasteiger charge is 2.22. The normalized spacial score (nSPS) is 10.9. The van der Waals surface area contributed by atoms with Gasteiger partial charge in [-0.1, -0.05) is 17.8 Å². The van der Waals surface area contributed by atoms with E-state index in [0.717, 1.165) is 10.4 Å². The number of hydrogen-bond acceptors (Lipinski definition) is 8. The van der Waals surface area contributed by atoms with Crippen LogP contribution in [0.4, 0.5) is 13.8 Å². The van der Waals surface area contributed by atoms with Crippen molar-refractivity contribution in [2.24, 2.45) is 0 Å². The maximum Gasteiger partial charge on any atom is 0.387 e. The average Bonchev–Trinajstić information content (AvgIpc) is 3.33. The Morgan fingerprint density at radius 3 is 2.60 bits per heavy atom. The average molecular weight is 523 g/mol. The third-order valence-corrected chi connectivity index (χ3v) is 6.91. The summed E-state index contributed by atoms with van der Waals surface area (Å²) in [5.74, 6) is -0.242. The Morgan fingerprint density at radius 2 is 1.97 bits per heavy atom. The number of carbonyl (C=O) groups is 2. The Balaban J connectivity index is 1.73. The quantitative estimate of drug-likeness (QED) is 0.207. The first kappa shape index (κ1) is 26.4. The predicted molar refractivity (Wildman–Crippen MR) is 131 cm³/mol. The van der Waals surface area contributed by atoms with Crippen molar-refractivity contribution in [1.29, 1.82) is 0 Å². The van der Waals surface area contributed by atoms with Crippen LogP contribution in [0.2, 0.25) is 0 Å². The van der Waals surface area contributed by atoms with Gasteiger partial charge < -0.3 is 14.8 Å². The Morgan fingerprint density at radius 1 is 1.26 bits per heavy atom. The summed E-state index contributed by atoms with van der Waals surface area (Å²) in [5, 5.41) is 12.1. The third-order valence-electron chi connectivity index (χ3n) is 4.82. The van der Waals surface area contributed by atoms with Crippen molar-refractivity contribution < 1.29 is 27.8 Å². The van der Waals surface area contributed by atoms with Crippen LogP contribution < -0.4 is 10.1 Å². The summed E-state index contributed by atoms with van der Waals surface area (Å²) >= 11 is 2.49. The molecule has 12 heteroatoms. The number of thioether (sulfide) groups is 1. The standard InChI is InChI=1S/C23H24F2N4O4S2/c1-5-11-29-19(15-7-9-16(10-8-15)33-22(24)25)27-28-23(29)34-12-17(30)26-20-18(21(31)32-6-2)13(3)14(4)35-20/h5,7-10,22H,1,6,11-12H2,2-4H3,(H,26,30). The second-order valence-electron chi connectivity index (χ2n) is 7.15. The molecule has 0 saturated heterocycles. The first-order chi connectivity index (χ1) is 16.7. The summed E-state index contributed by atoms with van der Waals surface area (Å²) in [5.41, 5.74) is 1.78. The maximum absolute atomic E-state index is 12.7. The summed E-state index contributed by atoms with van der Waals surface area (Å²) in [6.45, 7) is 6.86. The monoisotopic (exact) mass is 522 g/mol. The number of aromatic nitrogens is 3. The molecule has 35 heavy (non-hydrogen) atoms. The van der Waals surface area contributed by atoms with Crippen molar-refractivity contribution >= 4 is 40.0 Å². The van der Waals surface area contributed by atoms with Gasteiger partial charge in [-0.2, -0.15) is 8.78 Å². The minimum Gasteiger partial charge on any atom is -0.462 e. The SMILES string of the molecule is C=CCn1c(SCC(=O)Nc2sc(C)c(C)c2C(=O)OCC)nnc1-c1ccc(OC(F)F)cc1. The molecule has 0 aliphatic heterocycles. The van der Waals surface area contributed by atoms with Crippen molar-refractivity contribution in [3.63, 3.8) is 0 Å². The molecule has 8 nitrogen and oxygen atoms in total. The lowest BCUT2D eigenvalue weighted by Crippen LogP contribution is -2.17. The zero-order chi connectivity index (χ0) is 25.5. The molecule has 3 aromatic rings. The number of anilines is 1. The van der Waals surface area contributed by atoms with Gasteiger partial charge in [0.05, 0.1) is 17.9 Å². The summed E-state index contributed by atoms with van der Waals surface area (Å²) < 4.78 is 36.1. The second kappa shape index (κ2) is 11.9. The minimum atomic E-state index is -2.91. The fourth-order valence-electron chi connectivity index (χ4n) is 3.15. The smallest absolute Gasteiger partial charge is 0.387 e. The number of benzene rings is 1. The van der Waals surface area contributed by atoms with Gasteiger partial charge in [-0.3, -0.25) is 9.36 Å². The van der Waals surface area contributed by atoms with Gasteiger partial charge in [0.1, 0.15) is 10.8 Å². The highest BCUT2D eigenvalue weighted by molar-refractivity contribution is 7.99. The molecule has 2 heterocycles. The molecule has 0 fully saturated rings. The van der Waals surface area contributed by atoms with Gasteiger partial charge in [0, 0.05) is 17.0 Å². The molecule has 1 N–H and O–H groups in total. The first-order valence-electron chi connectivity index (χ1n) is 10.5. The molecule has 0 saturated carbocycles. The van der Waals surface area contributed by atoms with Gasteiger partial charge in [0.15, 0.2) is 11.0 Å². The van der Waals surface area contributed by atoms with E-state index >= 15 is 0 Å². The van der Waals surface area contributed by atoms with Crippen LogP contribution in [0, 0.1) is 13.8 Å². The number of allylic oxidation sites excluding steroid dienone is 1. The highest BCUT2D eigenvalue weighted by atomic mass is 32.2. The molecule has 0 radical (unpaired) electrons. The van der Waals surface area contributed by atoms with Crippen molar-refractivity contribution in [2.75, 3.05) is 17.7 Å². The Bertz CT molecular complexity index is 1210.